The number of carboxylic acid groups (broad SMARTS) is 1. The quantitative estimate of drug-likeness (QED) is 0.901. The molecule has 2 amide bonds. The number of nitrogens with zero attached hydrogens (tertiary/aromatic N) is 2. The van der Waals surface area contributed by atoms with Crippen molar-refractivity contribution in [2.24, 2.45) is 5.92 Å². The van der Waals surface area contributed by atoms with Crippen LogP contribution in [0.5, 0.6) is 0 Å². The molecule has 2 unspecified atom stereocenters. The molecule has 110 valence electrons. The number of likely N-dealkylation sites (tertiary alicyclic amines) is 1. The lowest BCUT2D eigenvalue weighted by atomic mass is 10.0. The molecule has 0 aromatic carbocycles. The van der Waals surface area contributed by atoms with Crippen LogP contribution in [-0.4, -0.2) is 46.5 Å². The number of hydrogen-bond acceptors (Lipinski definition) is 3. The summed E-state index contributed by atoms with van der Waals surface area (Å²) in [6.45, 7) is 2.85. The minimum Gasteiger partial charge on any atom is -0.481 e. The van der Waals surface area contributed by atoms with Crippen molar-refractivity contribution in [1.82, 2.24) is 9.80 Å². The van der Waals surface area contributed by atoms with E-state index in [0.717, 1.165) is 9.35 Å². The lowest BCUT2D eigenvalue weighted by molar-refractivity contribution is -0.142. The summed E-state index contributed by atoms with van der Waals surface area (Å²) < 4.78 is 1.01. The number of rotatable bonds is 3. The summed E-state index contributed by atoms with van der Waals surface area (Å²) in [5, 5.41) is 11.1. The van der Waals surface area contributed by atoms with Gasteiger partial charge in [-0.05, 0) is 35.3 Å². The Morgan fingerprint density at radius 1 is 1.60 bits per heavy atom. The summed E-state index contributed by atoms with van der Waals surface area (Å²) in [6.07, 6.45) is 0.528. The molecular formula is C13H17BrN2O3S. The number of urea groups is 1. The number of hydrogen-bond donors (Lipinski definition) is 1. The van der Waals surface area contributed by atoms with Crippen LogP contribution < -0.4 is 0 Å². The molecule has 0 bridgehead atoms. The predicted molar refractivity (Wildman–Crippen MR) is 80.8 cm³/mol. The highest BCUT2D eigenvalue weighted by molar-refractivity contribution is 9.10. The normalized spacial score (nSPS) is 22.1. The summed E-state index contributed by atoms with van der Waals surface area (Å²) in [4.78, 5) is 27.9. The molecule has 0 aliphatic carbocycles. The van der Waals surface area contributed by atoms with E-state index in [0.29, 0.717) is 19.5 Å². The largest absolute Gasteiger partial charge is 0.481 e. The smallest absolute Gasteiger partial charge is 0.320 e. The van der Waals surface area contributed by atoms with Crippen LogP contribution in [0.1, 0.15) is 18.2 Å². The average Bonchev–Trinajstić information content (AvgIpc) is 2.94. The molecule has 2 rings (SSSR count). The molecule has 0 saturated carbocycles. The van der Waals surface area contributed by atoms with Crippen molar-refractivity contribution in [3.8, 4) is 0 Å². The molecule has 2 atom stereocenters. The van der Waals surface area contributed by atoms with Crippen molar-refractivity contribution in [3.63, 3.8) is 0 Å². The Morgan fingerprint density at radius 2 is 2.30 bits per heavy atom. The van der Waals surface area contributed by atoms with Crippen molar-refractivity contribution < 1.29 is 14.7 Å². The van der Waals surface area contributed by atoms with Crippen LogP contribution >= 0.6 is 27.3 Å². The Labute approximate surface area is 130 Å². The topological polar surface area (TPSA) is 60.9 Å². The third kappa shape index (κ3) is 3.15. The Hall–Kier alpha value is -1.08. The van der Waals surface area contributed by atoms with Gasteiger partial charge in [0.25, 0.3) is 0 Å². The second-order valence-electron chi connectivity index (χ2n) is 5.04. The van der Waals surface area contributed by atoms with E-state index in [2.05, 4.69) is 15.9 Å². The van der Waals surface area contributed by atoms with Crippen molar-refractivity contribution in [3.05, 3.63) is 20.8 Å². The Balaban J connectivity index is 1.99. The highest BCUT2D eigenvalue weighted by Gasteiger charge is 2.39. The lowest BCUT2D eigenvalue weighted by Crippen LogP contribution is -2.44. The van der Waals surface area contributed by atoms with Gasteiger partial charge in [-0.1, -0.05) is 0 Å². The molecular weight excluding hydrogens is 344 g/mol. The zero-order chi connectivity index (χ0) is 14.9. The van der Waals surface area contributed by atoms with Gasteiger partial charge in [0.2, 0.25) is 0 Å². The summed E-state index contributed by atoms with van der Waals surface area (Å²) in [6, 6.07) is 1.63. The first-order chi connectivity index (χ1) is 9.40. The number of carbonyl (C=O) groups excluding carboxylic acids is 1. The van der Waals surface area contributed by atoms with Crippen LogP contribution in [0.3, 0.4) is 0 Å². The third-order valence-electron chi connectivity index (χ3n) is 3.66. The summed E-state index contributed by atoms with van der Waals surface area (Å²) in [7, 11) is 1.75. The predicted octanol–water partition coefficient (Wildman–Crippen LogP) is 2.86. The molecule has 20 heavy (non-hydrogen) atoms. The van der Waals surface area contributed by atoms with E-state index in [1.165, 1.54) is 0 Å². The Bertz CT molecular complexity index is 519. The maximum atomic E-state index is 12.4. The molecule has 1 fully saturated rings. The van der Waals surface area contributed by atoms with E-state index < -0.39 is 11.9 Å². The Kier molecular flexibility index (Phi) is 4.70. The molecule has 1 saturated heterocycles. The van der Waals surface area contributed by atoms with Gasteiger partial charge in [-0.15, -0.1) is 11.3 Å². The van der Waals surface area contributed by atoms with Crippen LogP contribution in [0.25, 0.3) is 0 Å². The standard InChI is InChI=1S/C13H17BrN2O3S/c1-8-11(12(17)18)3-4-16(8)13(19)15(2)6-10-5-9(14)7-20-10/h5,7-8,11H,3-4,6H2,1-2H3,(H,17,18). The minimum absolute atomic E-state index is 0.106. The van der Waals surface area contributed by atoms with Crippen LogP contribution in [-0.2, 0) is 11.3 Å². The van der Waals surface area contributed by atoms with Gasteiger partial charge in [-0.25, -0.2) is 4.79 Å². The van der Waals surface area contributed by atoms with E-state index >= 15 is 0 Å². The van der Waals surface area contributed by atoms with Crippen LogP contribution in [0.2, 0.25) is 0 Å². The first-order valence-electron chi connectivity index (χ1n) is 6.37. The highest BCUT2D eigenvalue weighted by atomic mass is 79.9. The molecule has 0 radical (unpaired) electrons. The first kappa shape index (κ1) is 15.3. The zero-order valence-corrected chi connectivity index (χ0v) is 13.8. The molecule has 1 aromatic heterocycles. The molecule has 1 aromatic rings. The van der Waals surface area contributed by atoms with Gasteiger partial charge in [0, 0.05) is 34.4 Å². The number of aliphatic carboxylic acids is 1. The van der Waals surface area contributed by atoms with Crippen molar-refractivity contribution in [2.75, 3.05) is 13.6 Å². The van der Waals surface area contributed by atoms with Crippen molar-refractivity contribution >= 4 is 39.3 Å². The number of amides is 2. The number of thiophene rings is 1. The third-order valence-corrected chi connectivity index (χ3v) is 5.34. The average molecular weight is 361 g/mol. The fraction of sp³-hybridized carbons (Fsp3) is 0.538. The lowest BCUT2D eigenvalue weighted by Gasteiger charge is -2.28. The Morgan fingerprint density at radius 3 is 2.80 bits per heavy atom. The maximum absolute atomic E-state index is 12.4. The zero-order valence-electron chi connectivity index (χ0n) is 11.4. The molecule has 1 aliphatic rings. The molecule has 1 N–H and O–H groups in total. The van der Waals surface area contributed by atoms with Gasteiger partial charge in [0.1, 0.15) is 0 Å². The van der Waals surface area contributed by atoms with Crippen molar-refractivity contribution in [1.29, 1.82) is 0 Å². The van der Waals surface area contributed by atoms with E-state index in [1.807, 2.05) is 11.4 Å². The van der Waals surface area contributed by atoms with Gasteiger partial charge in [0.15, 0.2) is 0 Å². The van der Waals surface area contributed by atoms with Crippen LogP contribution in [0.15, 0.2) is 15.9 Å². The number of carbonyl (C=O) groups is 2. The number of carboxylic acids is 1. The summed E-state index contributed by atoms with van der Waals surface area (Å²) in [5.74, 6) is -1.28. The molecule has 5 nitrogen and oxygen atoms in total. The first-order valence-corrected chi connectivity index (χ1v) is 8.05. The SMILES string of the molecule is CC1C(C(=O)O)CCN1C(=O)N(C)Cc1cc(Br)cs1. The van der Waals surface area contributed by atoms with E-state index in [4.69, 9.17) is 5.11 Å². The van der Waals surface area contributed by atoms with E-state index in [-0.39, 0.29) is 12.1 Å². The van der Waals surface area contributed by atoms with Crippen molar-refractivity contribution in [2.45, 2.75) is 25.9 Å². The minimum atomic E-state index is -0.822. The monoisotopic (exact) mass is 360 g/mol. The highest BCUT2D eigenvalue weighted by Crippen LogP contribution is 2.26. The van der Waals surface area contributed by atoms with Gasteiger partial charge in [-0.3, -0.25) is 4.79 Å². The van der Waals surface area contributed by atoms with Gasteiger partial charge in [0.05, 0.1) is 12.5 Å². The molecule has 2 heterocycles. The van der Waals surface area contributed by atoms with Gasteiger partial charge < -0.3 is 14.9 Å². The maximum Gasteiger partial charge on any atom is 0.320 e. The fourth-order valence-corrected chi connectivity index (χ4v) is 4.00. The summed E-state index contributed by atoms with van der Waals surface area (Å²) in [5.41, 5.74) is 0. The fourth-order valence-electron chi connectivity index (χ4n) is 2.50. The second kappa shape index (κ2) is 6.13. The molecule has 0 spiro atoms. The molecule has 1 aliphatic heterocycles. The van der Waals surface area contributed by atoms with E-state index in [1.54, 1.807) is 35.1 Å². The van der Waals surface area contributed by atoms with Gasteiger partial charge >= 0.3 is 12.0 Å². The number of halogens is 1. The molecule has 7 heteroatoms. The van der Waals surface area contributed by atoms with Gasteiger partial charge in [-0.2, -0.15) is 0 Å². The second-order valence-corrected chi connectivity index (χ2v) is 6.95. The van der Waals surface area contributed by atoms with Crippen LogP contribution in [0, 0.1) is 5.92 Å². The summed E-state index contributed by atoms with van der Waals surface area (Å²) >= 11 is 4.98. The van der Waals surface area contributed by atoms with Crippen LogP contribution in [0.4, 0.5) is 4.79 Å². The van der Waals surface area contributed by atoms with E-state index in [9.17, 15) is 9.59 Å².